The number of hydrogen-bond donors (Lipinski definition) is 0. The molecule has 24 aromatic carbocycles. The number of hydrogen-bond acceptors (Lipinski definition) is 1. The first kappa shape index (κ1) is 75.0. The Balaban J connectivity index is 0.000000131. The number of benzene rings is 24. The summed E-state index contributed by atoms with van der Waals surface area (Å²) in [6.07, 6.45) is 0. The lowest BCUT2D eigenvalue weighted by Crippen LogP contribution is -2.26. The van der Waals surface area contributed by atoms with Gasteiger partial charge in [0.25, 0.3) is 0 Å². The van der Waals surface area contributed by atoms with E-state index in [-0.39, 0.29) is 5.41 Å². The van der Waals surface area contributed by atoms with Gasteiger partial charge >= 0.3 is 0 Å². The molecule has 0 bridgehead atoms. The van der Waals surface area contributed by atoms with Gasteiger partial charge in [-0.2, -0.15) is 0 Å². The molecule has 5 aliphatic carbocycles. The van der Waals surface area contributed by atoms with Crippen LogP contribution in [0.15, 0.2) is 465 Å². The molecule has 620 valence electrons. The fraction of sp³-hybridized carbons (Fsp3) is 0.0376. The van der Waals surface area contributed by atoms with E-state index < -0.39 is 10.8 Å². The van der Waals surface area contributed by atoms with E-state index in [1.165, 1.54) is 264 Å². The fourth-order valence-corrected chi connectivity index (χ4v) is 25.9. The van der Waals surface area contributed by atoms with Gasteiger partial charge in [-0.3, -0.25) is 0 Å². The molecule has 2 spiro atoms. The van der Waals surface area contributed by atoms with Crippen LogP contribution in [0.1, 0.15) is 69.5 Å². The SMILES string of the molecule is CC1(C)c2ccccc2-c2ccc(-c3c4ccccc4c(-c4cccc(-c5cc6c(c7ccccc57)-c5c(ccc7ccccc57)C65c6ccccc6-c6ccccc65)c4)c4ccccc34)cc21.c1ccc2c(c1)-c1ccccc1C21c2ccc3ccccc3c2-c2c1cc(-c1ccc(-c3c4ccccc4c(-c4ccc5oc6ccccc6c5c4)c4ccccc34)cc1)c1ccccc21. The van der Waals surface area contributed by atoms with Crippen LogP contribution in [0.4, 0.5) is 0 Å². The van der Waals surface area contributed by atoms with Gasteiger partial charge in [-0.1, -0.05) is 432 Å². The van der Waals surface area contributed by atoms with Crippen molar-refractivity contribution in [3.8, 4) is 122 Å². The number of fused-ring (bicyclic) bond motifs is 38. The van der Waals surface area contributed by atoms with Crippen molar-refractivity contribution in [2.45, 2.75) is 30.1 Å². The first-order valence-electron chi connectivity index (χ1n) is 47.1. The second-order valence-electron chi connectivity index (χ2n) is 38.0. The second-order valence-corrected chi connectivity index (χ2v) is 38.0. The summed E-state index contributed by atoms with van der Waals surface area (Å²) in [7, 11) is 0. The van der Waals surface area contributed by atoms with Crippen molar-refractivity contribution in [1.82, 2.24) is 0 Å². The molecule has 0 unspecified atom stereocenters. The van der Waals surface area contributed by atoms with Crippen LogP contribution in [0.2, 0.25) is 0 Å². The third kappa shape index (κ3) is 10.1. The molecule has 1 nitrogen and oxygen atoms in total. The lowest BCUT2D eigenvalue weighted by Gasteiger charge is -2.31. The maximum atomic E-state index is 6.26. The molecule has 0 aliphatic heterocycles. The Kier molecular flexibility index (Phi) is 15.7. The molecule has 25 aromatic rings. The maximum Gasteiger partial charge on any atom is 0.135 e. The third-order valence-corrected chi connectivity index (χ3v) is 31.3. The normalized spacial score (nSPS) is 13.8. The molecule has 0 N–H and O–H groups in total. The highest BCUT2D eigenvalue weighted by Crippen LogP contribution is 2.69. The van der Waals surface area contributed by atoms with Gasteiger partial charge in [0.2, 0.25) is 0 Å². The predicted octanol–water partition coefficient (Wildman–Crippen LogP) is 35.5. The number of rotatable bonds is 6. The molecule has 0 radical (unpaired) electrons. The zero-order valence-corrected chi connectivity index (χ0v) is 73.8. The van der Waals surface area contributed by atoms with E-state index >= 15 is 0 Å². The van der Waals surface area contributed by atoms with Crippen LogP contribution < -0.4 is 0 Å². The van der Waals surface area contributed by atoms with Crippen LogP contribution in [0.3, 0.4) is 0 Å². The van der Waals surface area contributed by atoms with Crippen LogP contribution in [0.25, 0.3) is 231 Å². The molecule has 134 heavy (non-hydrogen) atoms. The Morgan fingerprint density at radius 2 is 0.440 bits per heavy atom. The van der Waals surface area contributed by atoms with Crippen LogP contribution in [-0.2, 0) is 16.2 Å². The molecule has 0 fully saturated rings. The van der Waals surface area contributed by atoms with Crippen LogP contribution in [0.5, 0.6) is 0 Å². The van der Waals surface area contributed by atoms with E-state index in [9.17, 15) is 0 Å². The monoisotopic (exact) mass is 1690 g/mol. The number of furan rings is 1. The Hall–Kier alpha value is -16.8. The van der Waals surface area contributed by atoms with Crippen LogP contribution in [-0.4, -0.2) is 0 Å². The highest BCUT2D eigenvalue weighted by atomic mass is 16.3. The van der Waals surface area contributed by atoms with E-state index in [0.29, 0.717) is 0 Å². The third-order valence-electron chi connectivity index (χ3n) is 31.3. The van der Waals surface area contributed by atoms with E-state index in [1.54, 1.807) is 0 Å². The second kappa shape index (κ2) is 28.1. The van der Waals surface area contributed by atoms with Crippen molar-refractivity contribution in [2.75, 3.05) is 0 Å². The fourth-order valence-electron chi connectivity index (χ4n) is 25.9. The smallest absolute Gasteiger partial charge is 0.135 e. The summed E-state index contributed by atoms with van der Waals surface area (Å²) in [5, 5.41) is 22.6. The Bertz CT molecular complexity index is 9290. The summed E-state index contributed by atoms with van der Waals surface area (Å²) in [5.41, 5.74) is 42.8. The average molecular weight is 1700 g/mol. The van der Waals surface area contributed by atoms with Crippen LogP contribution in [0, 0.1) is 0 Å². The summed E-state index contributed by atoms with van der Waals surface area (Å²) < 4.78 is 6.26. The highest BCUT2D eigenvalue weighted by molar-refractivity contribution is 6.26. The van der Waals surface area contributed by atoms with Crippen molar-refractivity contribution in [2.24, 2.45) is 0 Å². The molecular formula is C133H82O. The van der Waals surface area contributed by atoms with Crippen LogP contribution >= 0.6 is 0 Å². The van der Waals surface area contributed by atoms with Crippen molar-refractivity contribution < 1.29 is 4.42 Å². The molecule has 30 rings (SSSR count). The molecule has 0 atom stereocenters. The summed E-state index contributed by atoms with van der Waals surface area (Å²) in [6.45, 7) is 4.76. The van der Waals surface area contributed by atoms with Crippen molar-refractivity contribution in [1.29, 1.82) is 0 Å². The zero-order chi connectivity index (χ0) is 88.0. The Morgan fingerprint density at radius 3 is 0.896 bits per heavy atom. The minimum absolute atomic E-state index is 0.0869. The summed E-state index contributed by atoms with van der Waals surface area (Å²) in [4.78, 5) is 0. The largest absolute Gasteiger partial charge is 0.456 e. The van der Waals surface area contributed by atoms with Gasteiger partial charge in [0.1, 0.15) is 11.2 Å². The zero-order valence-electron chi connectivity index (χ0n) is 73.8. The van der Waals surface area contributed by atoms with Gasteiger partial charge < -0.3 is 4.42 Å². The number of para-hydroxylation sites is 1. The molecule has 1 aromatic heterocycles. The van der Waals surface area contributed by atoms with E-state index in [1.807, 2.05) is 6.07 Å². The maximum absolute atomic E-state index is 6.26. The molecule has 1 heteroatoms. The molecule has 0 amide bonds. The highest BCUT2D eigenvalue weighted by Gasteiger charge is 2.55. The van der Waals surface area contributed by atoms with E-state index in [0.717, 1.165) is 21.9 Å². The molecule has 1 heterocycles. The Morgan fingerprint density at radius 1 is 0.142 bits per heavy atom. The molecule has 5 aliphatic rings. The average Bonchev–Trinajstić information content (AvgIpc) is 1.50. The van der Waals surface area contributed by atoms with Gasteiger partial charge in [0.05, 0.1) is 10.8 Å². The quantitative estimate of drug-likeness (QED) is 0.151. The van der Waals surface area contributed by atoms with Gasteiger partial charge in [0, 0.05) is 16.2 Å². The minimum atomic E-state index is -0.476. The lowest BCUT2D eigenvalue weighted by atomic mass is 9.70. The first-order valence-corrected chi connectivity index (χ1v) is 47.1. The van der Waals surface area contributed by atoms with Gasteiger partial charge in [0.15, 0.2) is 0 Å². The lowest BCUT2D eigenvalue weighted by molar-refractivity contribution is 0.660. The summed E-state index contributed by atoms with van der Waals surface area (Å²) in [6, 6.07) is 174. The van der Waals surface area contributed by atoms with Crippen molar-refractivity contribution in [3.63, 3.8) is 0 Å². The topological polar surface area (TPSA) is 13.1 Å². The summed E-state index contributed by atoms with van der Waals surface area (Å²) >= 11 is 0. The summed E-state index contributed by atoms with van der Waals surface area (Å²) in [5.74, 6) is 0. The Labute approximate surface area is 776 Å². The first-order chi connectivity index (χ1) is 66.3. The van der Waals surface area contributed by atoms with Gasteiger partial charge in [-0.15, -0.1) is 0 Å². The van der Waals surface area contributed by atoms with Crippen molar-refractivity contribution in [3.05, 3.63) is 517 Å². The molecular weight excluding hydrogens is 1610 g/mol. The minimum Gasteiger partial charge on any atom is -0.456 e. The molecule has 0 saturated heterocycles. The van der Waals surface area contributed by atoms with Gasteiger partial charge in [-0.25, -0.2) is 0 Å². The van der Waals surface area contributed by atoms with E-state index in [2.05, 4.69) is 469 Å². The standard InChI is InChI=1S/C68H44.C65H38O/c1-67(2)57-31-14-11-23-47(57)50-36-34-44(39-61(50)67)64-54-29-9-7-27-52(54)63(53-28-8-10-30-55(53)64)43-20-17-19-42(38-43)56-40-62-66(51-26-6-5-22-46(51)56)65-45-21-4-3-18-41(45)35-37-60(65)68(62)58-32-15-12-24-48(58)49-25-13-16-33-59(49)68;1-2-16-43-39(15-1)33-35-57-63(43)64-48-21-4-3-17-44(48)53(38-58(64)65(57)55-26-12-9-18-45(55)46-19-10-13-27-56(46)65)40-29-31-41(32-30-40)61-49-22-5-7-24-51(49)62(52-25-8-6-23-50(52)61)42-34-36-60-54(37-42)47-20-11-14-28-59(47)66-60/h3-40H,1-2H3;1-38H. The molecule has 0 saturated carbocycles. The predicted molar refractivity (Wildman–Crippen MR) is 563 cm³/mol. The van der Waals surface area contributed by atoms with Crippen molar-refractivity contribution >= 4 is 108 Å². The van der Waals surface area contributed by atoms with Gasteiger partial charge in [-0.05, 0) is 307 Å². The van der Waals surface area contributed by atoms with E-state index in [4.69, 9.17) is 4.42 Å².